The van der Waals surface area contributed by atoms with Crippen LogP contribution in [0.1, 0.15) is 19.8 Å². The molecule has 0 aromatic carbocycles. The second-order valence-corrected chi connectivity index (χ2v) is 3.19. The third kappa shape index (κ3) is 6.20. The Balaban J connectivity index is 0.00000121. The van der Waals surface area contributed by atoms with Crippen LogP contribution in [-0.2, 0) is 9.53 Å². The van der Waals surface area contributed by atoms with Crippen LogP contribution in [0.3, 0.4) is 0 Å². The molecule has 0 amide bonds. The van der Waals surface area contributed by atoms with Crippen molar-refractivity contribution in [2.45, 2.75) is 19.8 Å². The summed E-state index contributed by atoms with van der Waals surface area (Å²) >= 11 is 0. The summed E-state index contributed by atoms with van der Waals surface area (Å²) in [6.07, 6.45) is 12.1. The molecule has 1 rings (SSSR count). The number of allylic oxidation sites excluding steroid dienone is 8. The number of hydrogen-bond acceptors (Lipinski definition) is 3. The Bertz CT molecular complexity index is 360. The third-order valence-electron chi connectivity index (χ3n) is 1.99. The van der Waals surface area contributed by atoms with E-state index in [0.29, 0.717) is 17.9 Å². The van der Waals surface area contributed by atoms with Crippen molar-refractivity contribution in [3.8, 4) is 0 Å². The van der Waals surface area contributed by atoms with Gasteiger partial charge in [0.2, 0.25) is 0 Å². The normalized spacial score (nSPS) is 15.5. The van der Waals surface area contributed by atoms with Crippen LogP contribution in [0.5, 0.6) is 0 Å². The quantitative estimate of drug-likeness (QED) is 0.597. The minimum Gasteiger partial charge on any atom is -0.512 e. The average Bonchev–Trinajstić information content (AvgIpc) is 2.39. The first-order valence-electron chi connectivity index (χ1n) is 5.27. The molecule has 3 nitrogen and oxygen atoms in total. The maximum atomic E-state index is 9.17. The van der Waals surface area contributed by atoms with Crippen molar-refractivity contribution in [3.63, 3.8) is 0 Å². The van der Waals surface area contributed by atoms with Crippen molar-refractivity contribution in [2.24, 2.45) is 0 Å². The van der Waals surface area contributed by atoms with E-state index in [1.165, 1.54) is 0 Å². The van der Waals surface area contributed by atoms with Crippen LogP contribution in [0.15, 0.2) is 60.3 Å². The SMILES string of the molecule is C=C/C(=C\C=C/C)OC1=CC=C(O)CC1.C=O. The fraction of sp³-hybridized carbons (Fsp3) is 0.214. The first kappa shape index (κ1) is 15.0. The molecule has 17 heavy (non-hydrogen) atoms. The van der Waals surface area contributed by atoms with Crippen molar-refractivity contribution >= 4 is 6.79 Å². The predicted octanol–water partition coefficient (Wildman–Crippen LogP) is 3.58. The molecule has 92 valence electrons. The largest absolute Gasteiger partial charge is 0.512 e. The molecular formula is C14H18O3. The lowest BCUT2D eigenvalue weighted by molar-refractivity contribution is -0.0979. The highest BCUT2D eigenvalue weighted by atomic mass is 16.5. The predicted molar refractivity (Wildman–Crippen MR) is 69.3 cm³/mol. The van der Waals surface area contributed by atoms with Crippen LogP contribution in [-0.4, -0.2) is 11.9 Å². The molecule has 0 aromatic rings. The van der Waals surface area contributed by atoms with Crippen molar-refractivity contribution < 1.29 is 14.6 Å². The van der Waals surface area contributed by atoms with Gasteiger partial charge in [0.15, 0.2) is 0 Å². The standard InChI is InChI=1S/C13H16O2.CH2O/c1-3-5-6-12(4-2)15-13-9-7-11(14)8-10-13;1-2/h3-7,9,14H,2,8,10H2,1H3;1H2/b5-3-,12-6+;. The van der Waals surface area contributed by atoms with Crippen LogP contribution in [0.4, 0.5) is 0 Å². The van der Waals surface area contributed by atoms with E-state index < -0.39 is 0 Å². The van der Waals surface area contributed by atoms with Gasteiger partial charge in [-0.1, -0.05) is 18.7 Å². The smallest absolute Gasteiger partial charge is 0.126 e. The van der Waals surface area contributed by atoms with E-state index >= 15 is 0 Å². The summed E-state index contributed by atoms with van der Waals surface area (Å²) in [7, 11) is 0. The highest BCUT2D eigenvalue weighted by molar-refractivity contribution is 5.22. The molecule has 3 heteroatoms. The number of ether oxygens (including phenoxy) is 1. The molecule has 1 aliphatic carbocycles. The zero-order valence-electron chi connectivity index (χ0n) is 10.1. The van der Waals surface area contributed by atoms with E-state index in [9.17, 15) is 5.11 Å². The third-order valence-corrected chi connectivity index (χ3v) is 1.99. The van der Waals surface area contributed by atoms with Crippen molar-refractivity contribution in [1.82, 2.24) is 0 Å². The van der Waals surface area contributed by atoms with Gasteiger partial charge < -0.3 is 14.6 Å². The van der Waals surface area contributed by atoms with Gasteiger partial charge in [0.1, 0.15) is 18.3 Å². The van der Waals surface area contributed by atoms with Gasteiger partial charge in [-0.2, -0.15) is 0 Å². The fourth-order valence-corrected chi connectivity index (χ4v) is 1.18. The lowest BCUT2D eigenvalue weighted by Gasteiger charge is -2.12. The van der Waals surface area contributed by atoms with E-state index in [-0.39, 0.29) is 0 Å². The van der Waals surface area contributed by atoms with E-state index in [1.54, 1.807) is 18.2 Å². The molecule has 0 aromatic heterocycles. The van der Waals surface area contributed by atoms with Gasteiger partial charge in [-0.25, -0.2) is 0 Å². The zero-order chi connectivity index (χ0) is 13.1. The molecule has 0 saturated heterocycles. The Morgan fingerprint density at radius 1 is 1.41 bits per heavy atom. The lowest BCUT2D eigenvalue weighted by Crippen LogP contribution is -1.96. The molecule has 0 fully saturated rings. The summed E-state index contributed by atoms with van der Waals surface area (Å²) in [6.45, 7) is 7.62. The molecule has 0 unspecified atom stereocenters. The highest BCUT2D eigenvalue weighted by Crippen LogP contribution is 2.20. The summed E-state index contributed by atoms with van der Waals surface area (Å²) < 4.78 is 5.59. The minimum atomic E-state index is 0.403. The lowest BCUT2D eigenvalue weighted by atomic mass is 10.1. The maximum Gasteiger partial charge on any atom is 0.126 e. The van der Waals surface area contributed by atoms with Crippen LogP contribution in [0, 0.1) is 0 Å². The summed E-state index contributed by atoms with van der Waals surface area (Å²) in [4.78, 5) is 8.00. The molecule has 0 bridgehead atoms. The van der Waals surface area contributed by atoms with Crippen LogP contribution in [0.25, 0.3) is 0 Å². The number of carbonyl (C=O) groups excluding carboxylic acids is 1. The van der Waals surface area contributed by atoms with Gasteiger partial charge in [-0.05, 0) is 31.2 Å². The number of aliphatic hydroxyl groups excluding tert-OH is 1. The van der Waals surface area contributed by atoms with Gasteiger partial charge in [0.05, 0.1) is 5.76 Å². The Morgan fingerprint density at radius 3 is 2.59 bits per heavy atom. The van der Waals surface area contributed by atoms with Crippen molar-refractivity contribution in [2.75, 3.05) is 0 Å². The molecule has 0 radical (unpaired) electrons. The Morgan fingerprint density at radius 2 is 2.12 bits per heavy atom. The molecule has 0 aliphatic heterocycles. The van der Waals surface area contributed by atoms with E-state index in [1.807, 2.05) is 31.9 Å². The topological polar surface area (TPSA) is 46.5 Å². The molecular weight excluding hydrogens is 216 g/mol. The first-order chi connectivity index (χ1) is 8.26. The van der Waals surface area contributed by atoms with E-state index in [0.717, 1.165) is 12.2 Å². The molecule has 0 saturated carbocycles. The average molecular weight is 234 g/mol. The summed E-state index contributed by atoms with van der Waals surface area (Å²) in [5, 5.41) is 9.17. The summed E-state index contributed by atoms with van der Waals surface area (Å²) in [5.41, 5.74) is 0. The van der Waals surface area contributed by atoms with Gasteiger partial charge in [0.25, 0.3) is 0 Å². The van der Waals surface area contributed by atoms with Gasteiger partial charge in [-0.3, -0.25) is 0 Å². The molecule has 1 N–H and O–H groups in total. The second-order valence-electron chi connectivity index (χ2n) is 3.19. The van der Waals surface area contributed by atoms with Gasteiger partial charge in [-0.15, -0.1) is 0 Å². The monoisotopic (exact) mass is 234 g/mol. The van der Waals surface area contributed by atoms with Crippen molar-refractivity contribution in [3.05, 3.63) is 60.3 Å². The Kier molecular flexibility index (Phi) is 8.11. The van der Waals surface area contributed by atoms with Crippen LogP contribution < -0.4 is 0 Å². The van der Waals surface area contributed by atoms with Crippen LogP contribution >= 0.6 is 0 Å². The Labute approximate surface area is 102 Å². The number of rotatable bonds is 4. The minimum absolute atomic E-state index is 0.403. The number of carbonyl (C=O) groups is 1. The molecule has 0 heterocycles. The molecule has 1 aliphatic rings. The maximum absolute atomic E-state index is 9.17. The van der Waals surface area contributed by atoms with Gasteiger partial charge in [0, 0.05) is 12.8 Å². The number of aliphatic hydroxyl groups is 1. The van der Waals surface area contributed by atoms with E-state index in [4.69, 9.17) is 9.53 Å². The van der Waals surface area contributed by atoms with Crippen molar-refractivity contribution in [1.29, 1.82) is 0 Å². The zero-order valence-corrected chi connectivity index (χ0v) is 10.1. The van der Waals surface area contributed by atoms with E-state index in [2.05, 4.69) is 6.58 Å². The van der Waals surface area contributed by atoms with Crippen LogP contribution in [0.2, 0.25) is 0 Å². The summed E-state index contributed by atoms with van der Waals surface area (Å²) in [6, 6.07) is 0. The van der Waals surface area contributed by atoms with Gasteiger partial charge >= 0.3 is 0 Å². The highest BCUT2D eigenvalue weighted by Gasteiger charge is 2.06. The fourth-order valence-electron chi connectivity index (χ4n) is 1.18. The number of hydrogen-bond donors (Lipinski definition) is 1. The molecule has 0 spiro atoms. The summed E-state index contributed by atoms with van der Waals surface area (Å²) in [5.74, 6) is 1.97. The Hall–Kier alpha value is -2.03. The molecule has 0 atom stereocenters. The second kappa shape index (κ2) is 9.21. The first-order valence-corrected chi connectivity index (χ1v) is 5.27.